The monoisotopic (exact) mass is 317 g/mol. The molecule has 1 amide bonds. The molecule has 1 aromatic carbocycles. The van der Waals surface area contributed by atoms with Gasteiger partial charge in [-0.05, 0) is 25.0 Å². The van der Waals surface area contributed by atoms with Gasteiger partial charge in [-0.3, -0.25) is 4.79 Å². The van der Waals surface area contributed by atoms with E-state index < -0.39 is 0 Å². The van der Waals surface area contributed by atoms with Gasteiger partial charge in [0, 0.05) is 19.0 Å². The minimum absolute atomic E-state index is 0.104. The van der Waals surface area contributed by atoms with Crippen molar-refractivity contribution in [3.05, 3.63) is 24.3 Å². The quantitative estimate of drug-likeness (QED) is 0.833. The number of carbonyl (C=O) groups is 1. The van der Waals surface area contributed by atoms with Crippen LogP contribution < -0.4 is 15.1 Å². The third-order valence-electron chi connectivity index (χ3n) is 4.34. The molecule has 0 saturated carbocycles. The molecule has 124 valence electrons. The highest BCUT2D eigenvalue weighted by atomic mass is 16.4. The van der Waals surface area contributed by atoms with Crippen molar-refractivity contribution in [1.29, 1.82) is 0 Å². The number of piperidine rings is 1. The first-order chi connectivity index (χ1) is 11.1. The van der Waals surface area contributed by atoms with Crippen molar-refractivity contribution in [3.63, 3.8) is 0 Å². The summed E-state index contributed by atoms with van der Waals surface area (Å²) in [5.41, 5.74) is 1.70. The van der Waals surface area contributed by atoms with Crippen molar-refractivity contribution >= 4 is 23.0 Å². The summed E-state index contributed by atoms with van der Waals surface area (Å²) in [6, 6.07) is 8.46. The van der Waals surface area contributed by atoms with Crippen molar-refractivity contribution in [3.8, 4) is 0 Å². The second-order valence-corrected chi connectivity index (χ2v) is 6.47. The van der Waals surface area contributed by atoms with Crippen LogP contribution in [0, 0.1) is 5.92 Å². The summed E-state index contributed by atoms with van der Waals surface area (Å²) in [5.74, 6) is 0.288. The van der Waals surface area contributed by atoms with Gasteiger partial charge in [-0.15, -0.1) is 0 Å². The Kier molecular flexibility index (Phi) is 4.81. The highest BCUT2D eigenvalue weighted by Gasteiger charge is 2.27. The first-order valence-corrected chi connectivity index (χ1v) is 8.31. The van der Waals surface area contributed by atoms with Crippen molar-refractivity contribution < 1.29 is 14.1 Å². The van der Waals surface area contributed by atoms with Crippen LogP contribution in [0.15, 0.2) is 28.7 Å². The molecule has 0 bridgehead atoms. The number of amides is 1. The third-order valence-corrected chi connectivity index (χ3v) is 4.34. The molecule has 1 saturated heterocycles. The van der Waals surface area contributed by atoms with Crippen LogP contribution in [0.3, 0.4) is 0 Å². The molecule has 2 heterocycles. The predicted molar refractivity (Wildman–Crippen MR) is 89.6 cm³/mol. The number of anilines is 1. The highest BCUT2D eigenvalue weighted by molar-refractivity contribution is 5.79. The number of oxazole rings is 1. The first-order valence-electron chi connectivity index (χ1n) is 8.31. The topological polar surface area (TPSA) is 62.8 Å². The van der Waals surface area contributed by atoms with E-state index in [0.29, 0.717) is 6.01 Å². The standard InChI is InChI=1S/C17H24N4O2/c1-20(2)12-9-18-16(22)13-7-10-21(11-8-13)17-19-14-5-3-4-6-15(14)23-17/h3-6,13H,7-12H2,1-2H3,(H,18,22)/p+1. The number of hydrogen-bond donors (Lipinski definition) is 2. The Bertz CT molecular complexity index is 626. The van der Waals surface area contributed by atoms with E-state index >= 15 is 0 Å². The maximum absolute atomic E-state index is 12.2. The van der Waals surface area contributed by atoms with Crippen molar-refractivity contribution in [2.75, 3.05) is 45.2 Å². The fourth-order valence-corrected chi connectivity index (χ4v) is 2.91. The Morgan fingerprint density at radius 2 is 2.09 bits per heavy atom. The van der Waals surface area contributed by atoms with E-state index in [1.807, 2.05) is 24.3 Å². The molecular weight excluding hydrogens is 292 g/mol. The Hall–Kier alpha value is -2.08. The molecule has 1 aliphatic rings. The van der Waals surface area contributed by atoms with Gasteiger partial charge in [-0.25, -0.2) is 0 Å². The zero-order valence-electron chi connectivity index (χ0n) is 13.8. The zero-order chi connectivity index (χ0) is 16.2. The Labute approximate surface area is 136 Å². The molecule has 1 aliphatic heterocycles. The molecule has 2 N–H and O–H groups in total. The lowest BCUT2D eigenvalue weighted by atomic mass is 9.96. The lowest BCUT2D eigenvalue weighted by Gasteiger charge is -2.30. The number of quaternary nitrogens is 1. The molecular formula is C17H25N4O2+. The summed E-state index contributed by atoms with van der Waals surface area (Å²) in [6.45, 7) is 3.31. The van der Waals surface area contributed by atoms with Gasteiger partial charge in [-0.2, -0.15) is 4.98 Å². The number of para-hydroxylation sites is 2. The van der Waals surface area contributed by atoms with Crippen molar-refractivity contribution in [2.24, 2.45) is 5.92 Å². The van der Waals surface area contributed by atoms with Crippen LogP contribution in [-0.2, 0) is 4.79 Å². The average Bonchev–Trinajstić information content (AvgIpc) is 2.98. The number of hydrogen-bond acceptors (Lipinski definition) is 4. The summed E-state index contributed by atoms with van der Waals surface area (Å²) in [7, 11) is 4.18. The molecule has 23 heavy (non-hydrogen) atoms. The van der Waals surface area contributed by atoms with Crippen LogP contribution in [0.1, 0.15) is 12.8 Å². The van der Waals surface area contributed by atoms with Gasteiger partial charge >= 0.3 is 0 Å². The van der Waals surface area contributed by atoms with E-state index in [0.717, 1.165) is 50.1 Å². The van der Waals surface area contributed by atoms with Crippen LogP contribution in [0.4, 0.5) is 6.01 Å². The van der Waals surface area contributed by atoms with Crippen molar-refractivity contribution in [2.45, 2.75) is 12.8 Å². The number of nitrogens with zero attached hydrogens (tertiary/aromatic N) is 2. The summed E-state index contributed by atoms with van der Waals surface area (Å²) < 4.78 is 5.81. The van der Waals surface area contributed by atoms with Gasteiger partial charge in [0.1, 0.15) is 5.52 Å². The predicted octanol–water partition coefficient (Wildman–Crippen LogP) is 0.305. The SMILES string of the molecule is C[NH+](C)CCNC(=O)C1CCN(c2nc3ccccc3o2)CC1. The minimum Gasteiger partial charge on any atom is -0.423 e. The van der Waals surface area contributed by atoms with Crippen LogP contribution in [0.5, 0.6) is 0 Å². The lowest BCUT2D eigenvalue weighted by Crippen LogP contribution is -3.06. The molecule has 0 aliphatic carbocycles. The maximum atomic E-state index is 12.2. The highest BCUT2D eigenvalue weighted by Crippen LogP contribution is 2.26. The molecule has 0 atom stereocenters. The van der Waals surface area contributed by atoms with Gasteiger partial charge in [-0.1, -0.05) is 12.1 Å². The lowest BCUT2D eigenvalue weighted by molar-refractivity contribution is -0.856. The van der Waals surface area contributed by atoms with E-state index in [9.17, 15) is 4.79 Å². The molecule has 1 fully saturated rings. The normalized spacial score (nSPS) is 16.2. The van der Waals surface area contributed by atoms with Gasteiger partial charge < -0.3 is 19.5 Å². The molecule has 2 aromatic rings. The maximum Gasteiger partial charge on any atom is 0.298 e. The minimum atomic E-state index is 0.104. The molecule has 0 unspecified atom stereocenters. The Balaban J connectivity index is 1.52. The van der Waals surface area contributed by atoms with Crippen LogP contribution in [0.25, 0.3) is 11.1 Å². The fraction of sp³-hybridized carbons (Fsp3) is 0.529. The van der Waals surface area contributed by atoms with Gasteiger partial charge in [0.05, 0.1) is 27.2 Å². The number of fused-ring (bicyclic) bond motifs is 1. The molecule has 6 nitrogen and oxygen atoms in total. The molecule has 3 rings (SSSR count). The number of aromatic nitrogens is 1. The first kappa shape index (κ1) is 15.8. The van der Waals surface area contributed by atoms with Crippen LogP contribution >= 0.6 is 0 Å². The molecule has 1 aromatic heterocycles. The number of nitrogens with one attached hydrogen (secondary N) is 2. The van der Waals surface area contributed by atoms with E-state index in [4.69, 9.17) is 4.42 Å². The fourth-order valence-electron chi connectivity index (χ4n) is 2.91. The van der Waals surface area contributed by atoms with Gasteiger partial charge in [0.15, 0.2) is 5.58 Å². The summed E-state index contributed by atoms with van der Waals surface area (Å²) in [6.07, 6.45) is 1.69. The van der Waals surface area contributed by atoms with Crippen LogP contribution in [0.2, 0.25) is 0 Å². The number of carbonyl (C=O) groups excluding carboxylic acids is 1. The molecule has 6 heteroatoms. The number of rotatable bonds is 5. The van der Waals surface area contributed by atoms with Gasteiger partial charge in [0.2, 0.25) is 5.91 Å². The zero-order valence-corrected chi connectivity index (χ0v) is 13.8. The Morgan fingerprint density at radius 1 is 1.35 bits per heavy atom. The van der Waals surface area contributed by atoms with Gasteiger partial charge in [0.25, 0.3) is 6.01 Å². The van der Waals surface area contributed by atoms with E-state index in [1.165, 1.54) is 4.90 Å². The summed E-state index contributed by atoms with van der Waals surface area (Å²) in [5, 5.41) is 3.04. The molecule has 0 radical (unpaired) electrons. The second-order valence-electron chi connectivity index (χ2n) is 6.47. The average molecular weight is 317 g/mol. The van der Waals surface area contributed by atoms with E-state index in [1.54, 1.807) is 0 Å². The Morgan fingerprint density at radius 3 is 2.78 bits per heavy atom. The van der Waals surface area contributed by atoms with E-state index in [-0.39, 0.29) is 11.8 Å². The second kappa shape index (κ2) is 7.00. The smallest absolute Gasteiger partial charge is 0.298 e. The van der Waals surface area contributed by atoms with Crippen molar-refractivity contribution in [1.82, 2.24) is 10.3 Å². The number of likely N-dealkylation sites (N-methyl/N-ethyl adjacent to an activating group) is 1. The largest absolute Gasteiger partial charge is 0.423 e. The summed E-state index contributed by atoms with van der Waals surface area (Å²) >= 11 is 0. The molecule has 0 spiro atoms. The van der Waals surface area contributed by atoms with Crippen LogP contribution in [-0.4, -0.2) is 51.2 Å². The number of benzene rings is 1. The van der Waals surface area contributed by atoms with E-state index in [2.05, 4.69) is 29.3 Å². The third kappa shape index (κ3) is 3.82. The summed E-state index contributed by atoms with van der Waals surface area (Å²) in [4.78, 5) is 20.2.